The number of aromatic hydroxyl groups is 1. The molecule has 0 radical (unpaired) electrons. The molecule has 64 heavy (non-hydrogen) atoms. The predicted molar refractivity (Wildman–Crippen MR) is 280 cm³/mol. The summed E-state index contributed by atoms with van der Waals surface area (Å²) in [5, 5.41) is 16.6. The third-order valence-corrected chi connectivity index (χ3v) is 20.6. The van der Waals surface area contributed by atoms with Crippen LogP contribution in [0.4, 0.5) is 0 Å². The van der Waals surface area contributed by atoms with E-state index < -0.39 is 0 Å². The first kappa shape index (κ1) is 47.7. The number of unbranched alkanes of at least 4 members (excludes halogenated alkanes) is 5. The number of aromatic amines is 1. The van der Waals surface area contributed by atoms with Gasteiger partial charge < -0.3 is 10.1 Å². The summed E-state index contributed by atoms with van der Waals surface area (Å²) < 4.78 is 0. The van der Waals surface area contributed by atoms with E-state index in [2.05, 4.69) is 95.4 Å². The van der Waals surface area contributed by atoms with E-state index in [1.165, 1.54) is 158 Å². The minimum Gasteiger partial charge on any atom is -0.494 e. The van der Waals surface area contributed by atoms with Crippen LogP contribution in [0.15, 0.2) is 40.0 Å². The van der Waals surface area contributed by atoms with Crippen molar-refractivity contribution in [2.45, 2.75) is 195 Å². The summed E-state index contributed by atoms with van der Waals surface area (Å²) in [5.74, 6) is 2.34. The van der Waals surface area contributed by atoms with Gasteiger partial charge in [-0.2, -0.15) is 0 Å². The first-order valence-corrected chi connectivity index (χ1v) is 29.1. The summed E-state index contributed by atoms with van der Waals surface area (Å²) in [6.07, 6.45) is 24.6. The lowest BCUT2D eigenvalue weighted by Crippen LogP contribution is -2.36. The van der Waals surface area contributed by atoms with E-state index in [-0.39, 0.29) is 22.6 Å². The number of carbonyl (C=O) groups is 1. The highest BCUT2D eigenvalue weighted by Gasteiger charge is 2.52. The van der Waals surface area contributed by atoms with Gasteiger partial charge in [-0.25, -0.2) is 4.99 Å². The first-order chi connectivity index (χ1) is 31.2. The SMILES string of the molecule is CCCCCC(CC)C1(CC(CC)CCCC)c2ccsc2-c2sc(-c3[nH]c(O)c4c3C(=O)N=C4c3cc4c(s3)-c3sccc3C4(CC(CC)CCCC)CC(CC)CCCC)cc21. The minimum atomic E-state index is -0.238. The van der Waals surface area contributed by atoms with Crippen molar-refractivity contribution in [2.24, 2.45) is 28.7 Å². The van der Waals surface area contributed by atoms with Crippen LogP contribution in [0.5, 0.6) is 5.88 Å². The lowest BCUT2D eigenvalue weighted by Gasteiger charge is -2.41. The van der Waals surface area contributed by atoms with Gasteiger partial charge in [0.1, 0.15) is 0 Å². The molecule has 2 aliphatic carbocycles. The van der Waals surface area contributed by atoms with Crippen molar-refractivity contribution < 1.29 is 9.90 Å². The zero-order chi connectivity index (χ0) is 45.2. The molecule has 6 heterocycles. The number of thiophene rings is 4. The van der Waals surface area contributed by atoms with Crippen molar-refractivity contribution in [1.29, 1.82) is 0 Å². The molecule has 0 bridgehead atoms. The Morgan fingerprint density at radius 1 is 0.594 bits per heavy atom. The number of H-pyrrole nitrogens is 1. The lowest BCUT2D eigenvalue weighted by atomic mass is 9.61. The molecule has 5 unspecified atom stereocenters. The van der Waals surface area contributed by atoms with E-state index in [0.29, 0.717) is 40.5 Å². The van der Waals surface area contributed by atoms with Gasteiger partial charge in [0.15, 0.2) is 5.88 Å². The van der Waals surface area contributed by atoms with Crippen molar-refractivity contribution in [3.63, 3.8) is 0 Å². The summed E-state index contributed by atoms with van der Waals surface area (Å²) in [5.41, 5.74) is 8.41. The molecular weight excluding hydrogens is 861 g/mol. The van der Waals surface area contributed by atoms with Gasteiger partial charge in [0.2, 0.25) is 0 Å². The molecule has 4 nitrogen and oxygen atoms in total. The zero-order valence-electron chi connectivity index (χ0n) is 40.4. The summed E-state index contributed by atoms with van der Waals surface area (Å²) in [6, 6.07) is 9.75. The monoisotopic (exact) mass is 936 g/mol. The second-order valence-electron chi connectivity index (χ2n) is 19.9. The Hall–Kier alpha value is -2.78. The van der Waals surface area contributed by atoms with Crippen LogP contribution in [0.25, 0.3) is 30.1 Å². The first-order valence-electron chi connectivity index (χ1n) is 25.7. The number of aromatic nitrogens is 1. The molecule has 0 saturated carbocycles. The second-order valence-corrected chi connectivity index (χ2v) is 23.9. The molecule has 2 N–H and O–H groups in total. The van der Waals surface area contributed by atoms with Gasteiger partial charge in [0.05, 0.1) is 32.3 Å². The van der Waals surface area contributed by atoms with Crippen molar-refractivity contribution in [2.75, 3.05) is 0 Å². The van der Waals surface area contributed by atoms with Crippen LogP contribution in [0.2, 0.25) is 0 Å². The summed E-state index contributed by atoms with van der Waals surface area (Å²) in [6.45, 7) is 18.9. The Morgan fingerprint density at radius 2 is 1.14 bits per heavy atom. The predicted octanol–water partition coefficient (Wildman–Crippen LogP) is 18.6. The normalized spacial score (nSPS) is 20.2. The molecule has 1 amide bonds. The van der Waals surface area contributed by atoms with Gasteiger partial charge in [-0.3, -0.25) is 4.79 Å². The van der Waals surface area contributed by atoms with Crippen LogP contribution in [0.3, 0.4) is 0 Å². The Kier molecular flexibility index (Phi) is 15.4. The highest BCUT2D eigenvalue weighted by atomic mass is 32.1. The van der Waals surface area contributed by atoms with Crippen LogP contribution in [0, 0.1) is 23.7 Å². The van der Waals surface area contributed by atoms with E-state index in [9.17, 15) is 9.90 Å². The molecule has 346 valence electrons. The maximum atomic E-state index is 14.4. The smallest absolute Gasteiger partial charge is 0.280 e. The van der Waals surface area contributed by atoms with Crippen LogP contribution in [-0.4, -0.2) is 21.7 Å². The number of amides is 1. The van der Waals surface area contributed by atoms with Crippen molar-refractivity contribution >= 4 is 57.0 Å². The highest BCUT2D eigenvalue weighted by Crippen LogP contribution is 2.64. The molecular formula is C56H76N2O2S4. The van der Waals surface area contributed by atoms with Crippen LogP contribution in [0.1, 0.15) is 227 Å². The zero-order valence-corrected chi connectivity index (χ0v) is 43.6. The van der Waals surface area contributed by atoms with E-state index in [1.54, 1.807) is 16.9 Å². The van der Waals surface area contributed by atoms with Gasteiger partial charge in [-0.05, 0) is 107 Å². The van der Waals surface area contributed by atoms with Crippen molar-refractivity contribution in [3.05, 3.63) is 73.3 Å². The average molecular weight is 938 g/mol. The Balaban J connectivity index is 1.21. The van der Waals surface area contributed by atoms with E-state index >= 15 is 0 Å². The third kappa shape index (κ3) is 8.33. The molecule has 0 aromatic carbocycles. The number of nitrogens with one attached hydrogen (secondary N) is 1. The molecule has 8 heteroatoms. The number of carbonyl (C=O) groups excluding carboxylic acids is 1. The topological polar surface area (TPSA) is 65.4 Å². The number of aliphatic imine (C=N–C) groups is 1. The van der Waals surface area contributed by atoms with E-state index in [0.717, 1.165) is 21.9 Å². The van der Waals surface area contributed by atoms with Gasteiger partial charge in [-0.15, -0.1) is 45.3 Å². The quantitative estimate of drug-likeness (QED) is 0.0543. The number of fused-ring (bicyclic) bond motifs is 7. The maximum Gasteiger partial charge on any atom is 0.280 e. The number of hydrogen-bond acceptors (Lipinski definition) is 6. The number of hydrogen-bond donors (Lipinski definition) is 2. The largest absolute Gasteiger partial charge is 0.494 e. The fourth-order valence-corrected chi connectivity index (χ4v) is 17.4. The molecule has 5 aromatic rings. The molecule has 8 rings (SSSR count). The van der Waals surface area contributed by atoms with Crippen LogP contribution >= 0.6 is 45.3 Å². The Labute approximate surface area is 401 Å². The number of nitrogens with zero attached hydrogens (tertiary/aromatic N) is 1. The van der Waals surface area contributed by atoms with E-state index in [4.69, 9.17) is 4.99 Å². The van der Waals surface area contributed by atoms with Crippen LogP contribution < -0.4 is 0 Å². The van der Waals surface area contributed by atoms with Crippen molar-refractivity contribution in [1.82, 2.24) is 4.98 Å². The molecule has 3 aliphatic rings. The number of rotatable bonds is 26. The van der Waals surface area contributed by atoms with Gasteiger partial charge in [-0.1, -0.05) is 158 Å². The molecule has 0 spiro atoms. The molecule has 5 atom stereocenters. The standard InChI is InChI=1S/C56H76N2O2S4/c1-9-17-21-25-38(16-8)56(34-37(15-7)24-20-12-4)40-27-29-62-50(40)52-42(56)31-44(64-52)48-46-45(53(59)58-48)47(57-54(46)60)43-30-41-51(63-43)49-39(26-28-61-49)55(41,32-35(13-5)22-18-10-2)33-36(14-6)23-19-11-3/h26-31,35-38,58-59H,9-25,32-34H2,1-8H3. The van der Waals surface area contributed by atoms with Gasteiger partial charge >= 0.3 is 0 Å². The summed E-state index contributed by atoms with van der Waals surface area (Å²) in [7, 11) is 0. The van der Waals surface area contributed by atoms with Gasteiger partial charge in [0.25, 0.3) is 5.91 Å². The second kappa shape index (κ2) is 20.6. The average Bonchev–Trinajstić information content (AvgIpc) is 4.17. The molecule has 0 saturated heterocycles. The third-order valence-electron chi connectivity index (χ3n) is 16.2. The molecule has 0 fully saturated rings. The summed E-state index contributed by atoms with van der Waals surface area (Å²) >= 11 is 7.39. The lowest BCUT2D eigenvalue weighted by molar-refractivity contribution is 0.101. The fourth-order valence-electron chi connectivity index (χ4n) is 12.6. The molecule has 1 aliphatic heterocycles. The Morgan fingerprint density at radius 3 is 1.73 bits per heavy atom. The maximum absolute atomic E-state index is 14.4. The summed E-state index contributed by atoms with van der Waals surface area (Å²) in [4.78, 5) is 30.3. The Bertz CT molecular complexity index is 2380. The van der Waals surface area contributed by atoms with Crippen LogP contribution in [-0.2, 0) is 10.8 Å². The highest BCUT2D eigenvalue weighted by molar-refractivity contribution is 7.24. The fraction of sp³-hybridized carbons (Fsp3) is 0.607. The van der Waals surface area contributed by atoms with Crippen molar-refractivity contribution in [3.8, 4) is 36.0 Å². The minimum absolute atomic E-state index is 0.0505. The van der Waals surface area contributed by atoms with Gasteiger partial charge in [0, 0.05) is 30.3 Å². The van der Waals surface area contributed by atoms with E-state index in [1.807, 2.05) is 34.0 Å². The molecule has 5 aromatic heterocycles.